The van der Waals surface area contributed by atoms with E-state index in [1.807, 2.05) is 11.1 Å². The topological polar surface area (TPSA) is 41.4 Å². The minimum Gasteiger partial charge on any atom is -0.335 e. The van der Waals surface area contributed by atoms with Gasteiger partial charge in [-0.1, -0.05) is 0 Å². The van der Waals surface area contributed by atoms with Gasteiger partial charge in [0.25, 0.3) is 5.91 Å². The van der Waals surface area contributed by atoms with E-state index in [0.717, 1.165) is 45.0 Å². The third-order valence-electron chi connectivity index (χ3n) is 4.46. The number of carbonyl (C=O) groups excluding carboxylic acids is 1. The van der Waals surface area contributed by atoms with Crippen LogP contribution in [0.1, 0.15) is 43.0 Å². The Morgan fingerprint density at radius 1 is 1.15 bits per heavy atom. The minimum atomic E-state index is 0.107. The number of amides is 1. The van der Waals surface area contributed by atoms with Crippen molar-refractivity contribution in [3.8, 4) is 0 Å². The van der Waals surface area contributed by atoms with Gasteiger partial charge in [-0.05, 0) is 26.7 Å². The SMILES string of the molecule is CC(C)N1CCN(C(=O)c2cn3c(n2)CCCC3)CC1. The number of aromatic nitrogens is 2. The zero-order valence-electron chi connectivity index (χ0n) is 12.5. The van der Waals surface area contributed by atoms with E-state index in [-0.39, 0.29) is 5.91 Å². The summed E-state index contributed by atoms with van der Waals surface area (Å²) in [5.74, 6) is 1.19. The van der Waals surface area contributed by atoms with Crippen LogP contribution in [0.3, 0.4) is 0 Å². The van der Waals surface area contributed by atoms with Crippen LogP contribution >= 0.6 is 0 Å². The summed E-state index contributed by atoms with van der Waals surface area (Å²) in [5, 5.41) is 0. The number of hydrogen-bond donors (Lipinski definition) is 0. The fourth-order valence-electron chi connectivity index (χ4n) is 3.12. The first kappa shape index (κ1) is 13.6. The number of nitrogens with zero attached hydrogens (tertiary/aromatic N) is 4. The molecule has 1 amide bonds. The quantitative estimate of drug-likeness (QED) is 0.819. The van der Waals surface area contributed by atoms with Crippen LogP contribution in [0.5, 0.6) is 0 Å². The van der Waals surface area contributed by atoms with E-state index < -0.39 is 0 Å². The monoisotopic (exact) mass is 276 g/mol. The van der Waals surface area contributed by atoms with Crippen LogP contribution in [-0.2, 0) is 13.0 Å². The molecule has 0 aliphatic carbocycles. The summed E-state index contributed by atoms with van der Waals surface area (Å²) in [6, 6.07) is 0.562. The van der Waals surface area contributed by atoms with Gasteiger partial charge in [0.05, 0.1) is 0 Å². The Morgan fingerprint density at radius 2 is 1.90 bits per heavy atom. The van der Waals surface area contributed by atoms with Gasteiger partial charge < -0.3 is 9.47 Å². The molecule has 0 N–H and O–H groups in total. The summed E-state index contributed by atoms with van der Waals surface area (Å²) in [5.41, 5.74) is 0.639. The summed E-state index contributed by atoms with van der Waals surface area (Å²) < 4.78 is 2.15. The molecule has 2 aliphatic heterocycles. The Labute approximate surface area is 120 Å². The van der Waals surface area contributed by atoms with Crippen molar-refractivity contribution in [2.75, 3.05) is 26.2 Å². The van der Waals surface area contributed by atoms with Crippen LogP contribution in [0.15, 0.2) is 6.20 Å². The van der Waals surface area contributed by atoms with Gasteiger partial charge >= 0.3 is 0 Å². The van der Waals surface area contributed by atoms with Gasteiger partial charge in [0.1, 0.15) is 11.5 Å². The van der Waals surface area contributed by atoms with Crippen LogP contribution < -0.4 is 0 Å². The standard InChI is InChI=1S/C15H24N4O/c1-12(2)17-7-9-18(10-8-17)15(20)13-11-19-6-4-3-5-14(19)16-13/h11-12H,3-10H2,1-2H3. The Bertz CT molecular complexity index is 463. The average molecular weight is 276 g/mol. The maximum atomic E-state index is 12.5. The summed E-state index contributed by atoms with van der Waals surface area (Å²) in [4.78, 5) is 21.4. The van der Waals surface area contributed by atoms with Crippen molar-refractivity contribution in [1.29, 1.82) is 0 Å². The number of imidazole rings is 1. The maximum absolute atomic E-state index is 12.5. The second kappa shape index (κ2) is 5.56. The average Bonchev–Trinajstić information content (AvgIpc) is 2.90. The second-order valence-electron chi connectivity index (χ2n) is 6.11. The molecule has 5 nitrogen and oxygen atoms in total. The Morgan fingerprint density at radius 3 is 2.55 bits per heavy atom. The van der Waals surface area contributed by atoms with E-state index >= 15 is 0 Å². The number of fused-ring (bicyclic) bond motifs is 1. The highest BCUT2D eigenvalue weighted by molar-refractivity contribution is 5.92. The molecule has 0 aromatic carbocycles. The smallest absolute Gasteiger partial charge is 0.274 e. The fraction of sp³-hybridized carbons (Fsp3) is 0.733. The summed E-state index contributed by atoms with van der Waals surface area (Å²) in [7, 11) is 0. The van der Waals surface area contributed by atoms with Crippen molar-refractivity contribution in [3.63, 3.8) is 0 Å². The van der Waals surface area contributed by atoms with E-state index in [2.05, 4.69) is 28.3 Å². The van der Waals surface area contributed by atoms with Crippen molar-refractivity contribution in [1.82, 2.24) is 19.4 Å². The van der Waals surface area contributed by atoms with Gasteiger partial charge in [-0.3, -0.25) is 9.69 Å². The van der Waals surface area contributed by atoms with Crippen molar-refractivity contribution in [2.45, 2.75) is 45.7 Å². The van der Waals surface area contributed by atoms with Crippen molar-refractivity contribution in [2.24, 2.45) is 0 Å². The number of rotatable bonds is 2. The molecule has 0 unspecified atom stereocenters. The number of aryl methyl sites for hydroxylation is 2. The number of piperazine rings is 1. The zero-order chi connectivity index (χ0) is 14.1. The van der Waals surface area contributed by atoms with E-state index in [1.165, 1.54) is 12.8 Å². The first-order valence-corrected chi connectivity index (χ1v) is 7.74. The molecule has 1 fully saturated rings. The number of carbonyl (C=O) groups is 1. The highest BCUT2D eigenvalue weighted by Gasteiger charge is 2.25. The third-order valence-corrected chi connectivity index (χ3v) is 4.46. The summed E-state index contributed by atoms with van der Waals surface area (Å²) in [6.45, 7) is 9.00. The van der Waals surface area contributed by atoms with Crippen LogP contribution in [0.4, 0.5) is 0 Å². The van der Waals surface area contributed by atoms with Gasteiger partial charge in [-0.2, -0.15) is 0 Å². The molecule has 1 aromatic heterocycles. The van der Waals surface area contributed by atoms with E-state index in [4.69, 9.17) is 0 Å². The Hall–Kier alpha value is -1.36. The van der Waals surface area contributed by atoms with Crippen LogP contribution in [-0.4, -0.2) is 57.5 Å². The zero-order valence-corrected chi connectivity index (χ0v) is 12.5. The largest absolute Gasteiger partial charge is 0.335 e. The molecule has 0 spiro atoms. The van der Waals surface area contributed by atoms with Gasteiger partial charge in [0.2, 0.25) is 0 Å². The lowest BCUT2D eigenvalue weighted by atomic mass is 10.2. The molecule has 3 heterocycles. The van der Waals surface area contributed by atoms with E-state index in [9.17, 15) is 4.79 Å². The maximum Gasteiger partial charge on any atom is 0.274 e. The van der Waals surface area contributed by atoms with Crippen LogP contribution in [0.2, 0.25) is 0 Å². The van der Waals surface area contributed by atoms with Crippen molar-refractivity contribution in [3.05, 3.63) is 17.7 Å². The molecule has 1 aromatic rings. The van der Waals surface area contributed by atoms with Crippen LogP contribution in [0.25, 0.3) is 0 Å². The Kier molecular flexibility index (Phi) is 3.78. The van der Waals surface area contributed by atoms with Crippen molar-refractivity contribution < 1.29 is 4.79 Å². The normalized spacial score (nSPS) is 20.2. The van der Waals surface area contributed by atoms with Gasteiger partial charge in [0.15, 0.2) is 0 Å². The second-order valence-corrected chi connectivity index (χ2v) is 6.11. The Balaban J connectivity index is 1.66. The van der Waals surface area contributed by atoms with Crippen molar-refractivity contribution >= 4 is 5.91 Å². The molecule has 2 aliphatic rings. The lowest BCUT2D eigenvalue weighted by Gasteiger charge is -2.36. The molecule has 0 saturated carbocycles. The molecular weight excluding hydrogens is 252 g/mol. The van der Waals surface area contributed by atoms with Gasteiger partial charge in [-0.25, -0.2) is 4.98 Å². The molecule has 1 saturated heterocycles. The first-order valence-electron chi connectivity index (χ1n) is 7.74. The molecule has 20 heavy (non-hydrogen) atoms. The fourth-order valence-corrected chi connectivity index (χ4v) is 3.12. The molecule has 5 heteroatoms. The predicted molar refractivity (Wildman–Crippen MR) is 77.8 cm³/mol. The summed E-state index contributed by atoms with van der Waals surface area (Å²) in [6.07, 6.45) is 5.35. The molecule has 0 radical (unpaired) electrons. The lowest BCUT2D eigenvalue weighted by Crippen LogP contribution is -2.50. The highest BCUT2D eigenvalue weighted by atomic mass is 16.2. The molecule has 0 bridgehead atoms. The van der Waals surface area contributed by atoms with Gasteiger partial charge in [0, 0.05) is 51.4 Å². The number of hydrogen-bond acceptors (Lipinski definition) is 3. The summed E-state index contributed by atoms with van der Waals surface area (Å²) >= 11 is 0. The first-order chi connectivity index (χ1) is 9.65. The third kappa shape index (κ3) is 2.59. The highest BCUT2D eigenvalue weighted by Crippen LogP contribution is 2.16. The molecular formula is C15H24N4O. The van der Waals surface area contributed by atoms with E-state index in [1.54, 1.807) is 0 Å². The van der Waals surface area contributed by atoms with Gasteiger partial charge in [-0.15, -0.1) is 0 Å². The predicted octanol–water partition coefficient (Wildman–Crippen LogP) is 1.39. The minimum absolute atomic E-state index is 0.107. The molecule has 110 valence electrons. The molecule has 3 rings (SSSR count). The lowest BCUT2D eigenvalue weighted by molar-refractivity contribution is 0.0590. The van der Waals surface area contributed by atoms with E-state index in [0.29, 0.717) is 11.7 Å². The molecule has 0 atom stereocenters. The van der Waals surface area contributed by atoms with Crippen LogP contribution in [0, 0.1) is 0 Å².